The van der Waals surface area contributed by atoms with E-state index in [1.165, 1.54) is 49.1 Å². The molecule has 1 saturated carbocycles. The molecule has 1 heterocycles. The summed E-state index contributed by atoms with van der Waals surface area (Å²) in [5.41, 5.74) is 9.55. The van der Waals surface area contributed by atoms with Crippen LogP contribution in [0.15, 0.2) is 0 Å². The van der Waals surface area contributed by atoms with Crippen LogP contribution in [0.4, 0.5) is 0 Å². The molecule has 0 bridgehead atoms. The van der Waals surface area contributed by atoms with Crippen LogP contribution >= 0.6 is 0 Å². The predicted octanol–water partition coefficient (Wildman–Crippen LogP) is 2.27. The van der Waals surface area contributed by atoms with Crippen molar-refractivity contribution in [1.82, 2.24) is 10.2 Å². The number of H-pyrrole nitrogens is 1. The second kappa shape index (κ2) is 4.79. The van der Waals surface area contributed by atoms with Crippen molar-refractivity contribution in [3.05, 3.63) is 17.0 Å². The Morgan fingerprint density at radius 3 is 2.73 bits per heavy atom. The van der Waals surface area contributed by atoms with Crippen LogP contribution in [0, 0.1) is 6.92 Å². The maximum atomic E-state index is 5.61. The SMILES string of the molecule is Cc1[nH]nc(CCN)c1C1CCCCC1. The molecule has 1 aliphatic rings. The fourth-order valence-corrected chi connectivity index (χ4v) is 2.75. The van der Waals surface area contributed by atoms with E-state index in [-0.39, 0.29) is 0 Å². The standard InChI is InChI=1S/C12H21N3/c1-9-12(10-5-3-2-4-6-10)11(7-8-13)15-14-9/h10H,2-8,13H2,1H3,(H,14,15). The Hall–Kier alpha value is -0.830. The van der Waals surface area contributed by atoms with Crippen LogP contribution in [0.1, 0.15) is 55.0 Å². The number of nitrogens with zero attached hydrogens (tertiary/aromatic N) is 1. The van der Waals surface area contributed by atoms with Crippen molar-refractivity contribution < 1.29 is 0 Å². The van der Waals surface area contributed by atoms with E-state index in [1.807, 2.05) is 0 Å². The van der Waals surface area contributed by atoms with Gasteiger partial charge in [-0.1, -0.05) is 19.3 Å². The predicted molar refractivity (Wildman–Crippen MR) is 61.9 cm³/mol. The van der Waals surface area contributed by atoms with E-state index in [2.05, 4.69) is 17.1 Å². The van der Waals surface area contributed by atoms with E-state index in [4.69, 9.17) is 5.73 Å². The lowest BCUT2D eigenvalue weighted by atomic mass is 9.82. The molecule has 1 aliphatic carbocycles. The molecular formula is C12H21N3. The summed E-state index contributed by atoms with van der Waals surface area (Å²) in [6, 6.07) is 0. The van der Waals surface area contributed by atoms with Crippen molar-refractivity contribution in [2.24, 2.45) is 5.73 Å². The van der Waals surface area contributed by atoms with Crippen molar-refractivity contribution in [2.45, 2.75) is 51.4 Å². The minimum absolute atomic E-state index is 0.698. The van der Waals surface area contributed by atoms with Gasteiger partial charge in [-0.3, -0.25) is 5.10 Å². The number of nitrogens with two attached hydrogens (primary N) is 1. The molecule has 1 fully saturated rings. The second-order valence-electron chi connectivity index (χ2n) is 4.58. The van der Waals surface area contributed by atoms with Gasteiger partial charge >= 0.3 is 0 Å². The highest BCUT2D eigenvalue weighted by Gasteiger charge is 2.21. The number of nitrogens with one attached hydrogen (secondary N) is 1. The van der Waals surface area contributed by atoms with E-state index >= 15 is 0 Å². The van der Waals surface area contributed by atoms with Crippen LogP contribution in [-0.4, -0.2) is 16.7 Å². The third-order valence-corrected chi connectivity index (χ3v) is 3.47. The van der Waals surface area contributed by atoms with Crippen LogP contribution in [0.2, 0.25) is 0 Å². The highest BCUT2D eigenvalue weighted by molar-refractivity contribution is 5.29. The summed E-state index contributed by atoms with van der Waals surface area (Å²) >= 11 is 0. The summed E-state index contributed by atoms with van der Waals surface area (Å²) in [5, 5.41) is 7.49. The molecule has 1 aromatic rings. The van der Waals surface area contributed by atoms with E-state index in [9.17, 15) is 0 Å². The van der Waals surface area contributed by atoms with Crippen LogP contribution in [0.3, 0.4) is 0 Å². The van der Waals surface area contributed by atoms with Gasteiger partial charge in [0, 0.05) is 12.1 Å². The van der Waals surface area contributed by atoms with Gasteiger partial charge in [0.25, 0.3) is 0 Å². The van der Waals surface area contributed by atoms with Crippen LogP contribution in [0.25, 0.3) is 0 Å². The molecule has 3 nitrogen and oxygen atoms in total. The maximum absolute atomic E-state index is 5.61. The van der Waals surface area contributed by atoms with Gasteiger partial charge in [-0.05, 0) is 37.8 Å². The van der Waals surface area contributed by atoms with Gasteiger partial charge in [0.1, 0.15) is 0 Å². The van der Waals surface area contributed by atoms with Gasteiger partial charge in [-0.25, -0.2) is 0 Å². The molecule has 0 spiro atoms. The summed E-state index contributed by atoms with van der Waals surface area (Å²) < 4.78 is 0. The zero-order chi connectivity index (χ0) is 10.7. The lowest BCUT2D eigenvalue weighted by Gasteiger charge is -2.22. The topological polar surface area (TPSA) is 54.7 Å². The minimum atomic E-state index is 0.698. The molecule has 15 heavy (non-hydrogen) atoms. The lowest BCUT2D eigenvalue weighted by molar-refractivity contribution is 0.440. The van der Waals surface area contributed by atoms with Gasteiger partial charge in [-0.2, -0.15) is 5.10 Å². The Morgan fingerprint density at radius 2 is 2.07 bits per heavy atom. The normalized spacial score (nSPS) is 18.3. The smallest absolute Gasteiger partial charge is 0.0672 e. The molecule has 3 heteroatoms. The Balaban J connectivity index is 2.19. The molecule has 1 aromatic heterocycles. The lowest BCUT2D eigenvalue weighted by Crippen LogP contribution is -2.10. The van der Waals surface area contributed by atoms with Crippen LogP contribution < -0.4 is 5.73 Å². The van der Waals surface area contributed by atoms with E-state index < -0.39 is 0 Å². The number of rotatable bonds is 3. The third kappa shape index (κ3) is 2.23. The Morgan fingerprint density at radius 1 is 1.33 bits per heavy atom. The highest BCUT2D eigenvalue weighted by atomic mass is 15.1. The number of hydrogen-bond acceptors (Lipinski definition) is 2. The summed E-state index contributed by atoms with van der Waals surface area (Å²) in [4.78, 5) is 0. The average Bonchev–Trinajstić information content (AvgIpc) is 2.62. The van der Waals surface area contributed by atoms with E-state index in [0.29, 0.717) is 6.54 Å². The first-order valence-corrected chi connectivity index (χ1v) is 6.06. The molecule has 0 aromatic carbocycles. The summed E-state index contributed by atoms with van der Waals surface area (Å²) in [5.74, 6) is 0.735. The third-order valence-electron chi connectivity index (χ3n) is 3.47. The molecule has 3 N–H and O–H groups in total. The first kappa shape index (κ1) is 10.7. The van der Waals surface area contributed by atoms with Crippen molar-refractivity contribution in [1.29, 1.82) is 0 Å². The van der Waals surface area contributed by atoms with Gasteiger partial charge in [0.05, 0.1) is 5.69 Å². The van der Waals surface area contributed by atoms with Crippen LogP contribution in [-0.2, 0) is 6.42 Å². The molecule has 0 radical (unpaired) electrons. The monoisotopic (exact) mass is 207 g/mol. The Bertz CT molecular complexity index is 311. The van der Waals surface area contributed by atoms with Gasteiger partial charge in [-0.15, -0.1) is 0 Å². The van der Waals surface area contributed by atoms with Gasteiger partial charge in [0.15, 0.2) is 0 Å². The van der Waals surface area contributed by atoms with Gasteiger partial charge in [0.2, 0.25) is 0 Å². The van der Waals surface area contributed by atoms with Crippen molar-refractivity contribution in [3.63, 3.8) is 0 Å². The Kier molecular flexibility index (Phi) is 3.41. The number of aryl methyl sites for hydroxylation is 1. The Labute approximate surface area is 91.4 Å². The van der Waals surface area contributed by atoms with E-state index in [1.54, 1.807) is 0 Å². The van der Waals surface area contributed by atoms with Crippen molar-refractivity contribution in [2.75, 3.05) is 6.54 Å². The van der Waals surface area contributed by atoms with Crippen LogP contribution in [0.5, 0.6) is 0 Å². The van der Waals surface area contributed by atoms with Gasteiger partial charge < -0.3 is 5.73 Å². The first-order valence-electron chi connectivity index (χ1n) is 6.06. The minimum Gasteiger partial charge on any atom is -0.330 e. The molecule has 84 valence electrons. The quantitative estimate of drug-likeness (QED) is 0.798. The highest BCUT2D eigenvalue weighted by Crippen LogP contribution is 2.35. The average molecular weight is 207 g/mol. The summed E-state index contributed by atoms with van der Waals surface area (Å²) in [7, 11) is 0. The molecule has 0 aliphatic heterocycles. The number of hydrogen-bond donors (Lipinski definition) is 2. The first-order chi connectivity index (χ1) is 7.33. The van der Waals surface area contributed by atoms with Crippen molar-refractivity contribution >= 4 is 0 Å². The molecular weight excluding hydrogens is 186 g/mol. The van der Waals surface area contributed by atoms with Crippen molar-refractivity contribution in [3.8, 4) is 0 Å². The largest absolute Gasteiger partial charge is 0.330 e. The fraction of sp³-hybridized carbons (Fsp3) is 0.750. The molecule has 0 amide bonds. The fourth-order valence-electron chi connectivity index (χ4n) is 2.75. The zero-order valence-corrected chi connectivity index (χ0v) is 9.55. The number of aromatic amines is 1. The molecule has 0 saturated heterocycles. The molecule has 2 rings (SSSR count). The second-order valence-corrected chi connectivity index (χ2v) is 4.58. The summed E-state index contributed by atoms with van der Waals surface area (Å²) in [6.07, 6.45) is 7.72. The molecule has 0 atom stereocenters. The summed E-state index contributed by atoms with van der Waals surface area (Å²) in [6.45, 7) is 2.83. The van der Waals surface area contributed by atoms with E-state index in [0.717, 1.165) is 12.3 Å². The maximum Gasteiger partial charge on any atom is 0.0672 e. The molecule has 0 unspecified atom stereocenters. The zero-order valence-electron chi connectivity index (χ0n) is 9.55. The number of aromatic nitrogens is 2.